The van der Waals surface area contributed by atoms with E-state index in [1.54, 1.807) is 18.9 Å². The lowest BCUT2D eigenvalue weighted by molar-refractivity contribution is 0.403. The standard InChI is InChI=1S/C12H18N2OS/c1-15-12-10(4-3-5-11(12)16-2)14-8-6-13-7-9-14/h3-5,13H,6-9H2,1-2H3. The third-order valence-corrected chi connectivity index (χ3v) is 3.60. The van der Waals surface area contributed by atoms with Crippen LogP contribution in [0.5, 0.6) is 5.75 Å². The molecule has 16 heavy (non-hydrogen) atoms. The number of rotatable bonds is 3. The Balaban J connectivity index is 2.30. The molecular formula is C12H18N2OS. The van der Waals surface area contributed by atoms with Crippen LogP contribution in [0.1, 0.15) is 0 Å². The summed E-state index contributed by atoms with van der Waals surface area (Å²) >= 11 is 1.73. The molecule has 1 heterocycles. The summed E-state index contributed by atoms with van der Waals surface area (Å²) in [7, 11) is 1.75. The first-order chi connectivity index (χ1) is 7.86. The zero-order chi connectivity index (χ0) is 11.4. The minimum absolute atomic E-state index is 1.01. The third kappa shape index (κ3) is 2.28. The molecule has 88 valence electrons. The Morgan fingerprint density at radius 3 is 2.69 bits per heavy atom. The molecule has 1 fully saturated rings. The van der Waals surface area contributed by atoms with Gasteiger partial charge in [0.25, 0.3) is 0 Å². The fourth-order valence-corrected chi connectivity index (χ4v) is 2.61. The summed E-state index contributed by atoms with van der Waals surface area (Å²) in [5.74, 6) is 1.01. The second-order valence-electron chi connectivity index (χ2n) is 3.75. The Morgan fingerprint density at radius 2 is 2.06 bits per heavy atom. The molecule has 2 rings (SSSR count). The predicted molar refractivity (Wildman–Crippen MR) is 69.9 cm³/mol. The van der Waals surface area contributed by atoms with E-state index >= 15 is 0 Å². The summed E-state index contributed by atoms with van der Waals surface area (Å²) in [4.78, 5) is 3.59. The molecule has 1 N–H and O–H groups in total. The second kappa shape index (κ2) is 5.46. The van der Waals surface area contributed by atoms with Gasteiger partial charge in [-0.05, 0) is 18.4 Å². The quantitative estimate of drug-likeness (QED) is 0.812. The first-order valence-corrected chi connectivity index (χ1v) is 6.76. The van der Waals surface area contributed by atoms with Gasteiger partial charge in [0.2, 0.25) is 0 Å². The lowest BCUT2D eigenvalue weighted by atomic mass is 10.2. The largest absolute Gasteiger partial charge is 0.493 e. The van der Waals surface area contributed by atoms with Gasteiger partial charge in [-0.15, -0.1) is 11.8 Å². The summed E-state index contributed by atoms with van der Waals surface area (Å²) in [6.45, 7) is 4.20. The van der Waals surface area contributed by atoms with Crippen LogP contribution in [0.15, 0.2) is 23.1 Å². The summed E-state index contributed by atoms with van der Waals surface area (Å²) in [6, 6.07) is 6.35. The number of para-hydroxylation sites is 1. The van der Waals surface area contributed by atoms with Gasteiger partial charge in [0.1, 0.15) is 0 Å². The second-order valence-corrected chi connectivity index (χ2v) is 4.60. The van der Waals surface area contributed by atoms with Gasteiger partial charge in [0, 0.05) is 26.2 Å². The molecule has 1 aliphatic heterocycles. The highest BCUT2D eigenvalue weighted by atomic mass is 32.2. The first-order valence-electron chi connectivity index (χ1n) is 5.53. The summed E-state index contributed by atoms with van der Waals surface area (Å²) in [6.07, 6.45) is 2.08. The number of piperazine rings is 1. The van der Waals surface area contributed by atoms with Crippen LogP contribution in [-0.2, 0) is 0 Å². The highest BCUT2D eigenvalue weighted by molar-refractivity contribution is 7.98. The van der Waals surface area contributed by atoms with E-state index in [9.17, 15) is 0 Å². The van der Waals surface area contributed by atoms with Crippen molar-refractivity contribution >= 4 is 17.4 Å². The number of anilines is 1. The normalized spacial score (nSPS) is 16.2. The fourth-order valence-electron chi connectivity index (χ4n) is 2.02. The average molecular weight is 238 g/mol. The molecule has 0 unspecified atom stereocenters. The molecule has 3 nitrogen and oxygen atoms in total. The fraction of sp³-hybridized carbons (Fsp3) is 0.500. The van der Waals surface area contributed by atoms with Crippen LogP contribution in [0.2, 0.25) is 0 Å². The van der Waals surface area contributed by atoms with Crippen LogP contribution in [-0.4, -0.2) is 39.5 Å². The van der Waals surface area contributed by atoms with Gasteiger partial charge in [-0.25, -0.2) is 0 Å². The molecule has 0 spiro atoms. The molecule has 0 aliphatic carbocycles. The van der Waals surface area contributed by atoms with Crippen LogP contribution in [0.25, 0.3) is 0 Å². The average Bonchev–Trinajstić information content (AvgIpc) is 2.38. The van der Waals surface area contributed by atoms with Crippen molar-refractivity contribution in [3.8, 4) is 5.75 Å². The molecule has 0 bridgehead atoms. The van der Waals surface area contributed by atoms with Crippen molar-refractivity contribution in [1.29, 1.82) is 0 Å². The summed E-state index contributed by atoms with van der Waals surface area (Å²) in [5, 5.41) is 3.36. The van der Waals surface area contributed by atoms with E-state index in [-0.39, 0.29) is 0 Å². The molecule has 1 saturated heterocycles. The van der Waals surface area contributed by atoms with Crippen molar-refractivity contribution in [2.45, 2.75) is 4.90 Å². The molecule has 4 heteroatoms. The van der Waals surface area contributed by atoms with E-state index in [4.69, 9.17) is 4.74 Å². The van der Waals surface area contributed by atoms with Crippen molar-refractivity contribution in [1.82, 2.24) is 5.32 Å². The maximum atomic E-state index is 5.54. The van der Waals surface area contributed by atoms with Crippen molar-refractivity contribution in [3.63, 3.8) is 0 Å². The van der Waals surface area contributed by atoms with E-state index in [0.29, 0.717) is 0 Å². The molecular weight excluding hydrogens is 220 g/mol. The molecule has 0 aromatic heterocycles. The number of nitrogens with zero attached hydrogens (tertiary/aromatic N) is 1. The molecule has 1 aromatic rings. The van der Waals surface area contributed by atoms with Crippen LogP contribution in [0, 0.1) is 0 Å². The van der Waals surface area contributed by atoms with E-state index in [2.05, 4.69) is 34.7 Å². The number of hydrogen-bond acceptors (Lipinski definition) is 4. The van der Waals surface area contributed by atoms with Gasteiger partial charge in [-0.3, -0.25) is 0 Å². The number of nitrogens with one attached hydrogen (secondary N) is 1. The van der Waals surface area contributed by atoms with Crippen molar-refractivity contribution in [2.75, 3.05) is 44.4 Å². The summed E-state index contributed by atoms with van der Waals surface area (Å²) in [5.41, 5.74) is 1.22. The zero-order valence-corrected chi connectivity index (χ0v) is 10.6. The molecule has 1 aromatic carbocycles. The Labute approximate surface area is 101 Å². The zero-order valence-electron chi connectivity index (χ0n) is 9.82. The Hall–Kier alpha value is -0.870. The Morgan fingerprint density at radius 1 is 1.31 bits per heavy atom. The van der Waals surface area contributed by atoms with Gasteiger partial charge in [-0.1, -0.05) is 6.07 Å². The van der Waals surface area contributed by atoms with E-state index in [1.807, 2.05) is 0 Å². The van der Waals surface area contributed by atoms with E-state index in [0.717, 1.165) is 31.9 Å². The maximum absolute atomic E-state index is 5.54. The van der Waals surface area contributed by atoms with Crippen molar-refractivity contribution in [3.05, 3.63) is 18.2 Å². The lowest BCUT2D eigenvalue weighted by Crippen LogP contribution is -2.43. The maximum Gasteiger partial charge on any atom is 0.155 e. The van der Waals surface area contributed by atoms with Gasteiger partial charge in [0.15, 0.2) is 5.75 Å². The first kappa shape index (κ1) is 11.6. The Kier molecular flexibility index (Phi) is 3.96. The predicted octanol–water partition coefficient (Wildman–Crippen LogP) is 1.83. The molecule has 0 radical (unpaired) electrons. The van der Waals surface area contributed by atoms with Gasteiger partial charge in [-0.2, -0.15) is 0 Å². The van der Waals surface area contributed by atoms with Gasteiger partial charge >= 0.3 is 0 Å². The lowest BCUT2D eigenvalue weighted by Gasteiger charge is -2.31. The molecule has 0 saturated carbocycles. The number of benzene rings is 1. The molecule has 0 atom stereocenters. The van der Waals surface area contributed by atoms with Crippen molar-refractivity contribution < 1.29 is 4.74 Å². The number of methoxy groups -OCH3 is 1. The number of thioether (sulfide) groups is 1. The third-order valence-electron chi connectivity index (χ3n) is 2.84. The van der Waals surface area contributed by atoms with Crippen LogP contribution in [0.4, 0.5) is 5.69 Å². The highest BCUT2D eigenvalue weighted by Gasteiger charge is 2.16. The minimum atomic E-state index is 1.01. The topological polar surface area (TPSA) is 24.5 Å². The SMILES string of the molecule is COc1c(SC)cccc1N1CCNCC1. The molecule has 1 aliphatic rings. The van der Waals surface area contributed by atoms with Gasteiger partial charge in [0.05, 0.1) is 17.7 Å². The van der Waals surface area contributed by atoms with Gasteiger partial charge < -0.3 is 15.0 Å². The van der Waals surface area contributed by atoms with Crippen LogP contribution in [0.3, 0.4) is 0 Å². The van der Waals surface area contributed by atoms with Crippen LogP contribution < -0.4 is 15.0 Å². The van der Waals surface area contributed by atoms with Crippen molar-refractivity contribution in [2.24, 2.45) is 0 Å². The molecule has 0 amide bonds. The number of hydrogen-bond donors (Lipinski definition) is 1. The summed E-state index contributed by atoms with van der Waals surface area (Å²) < 4.78 is 5.54. The smallest absolute Gasteiger partial charge is 0.155 e. The van der Waals surface area contributed by atoms with Crippen LogP contribution >= 0.6 is 11.8 Å². The Bertz CT molecular complexity index is 351. The highest BCUT2D eigenvalue weighted by Crippen LogP contribution is 2.36. The monoisotopic (exact) mass is 238 g/mol. The number of ether oxygens (including phenoxy) is 1. The van der Waals surface area contributed by atoms with E-state index < -0.39 is 0 Å². The minimum Gasteiger partial charge on any atom is -0.493 e. The van der Waals surface area contributed by atoms with E-state index in [1.165, 1.54) is 10.6 Å².